The summed E-state index contributed by atoms with van der Waals surface area (Å²) >= 11 is 7.87. The van der Waals surface area contributed by atoms with Gasteiger partial charge in [-0.2, -0.15) is 11.8 Å². The van der Waals surface area contributed by atoms with Crippen LogP contribution in [0.5, 0.6) is 5.75 Å². The predicted molar refractivity (Wildman–Crippen MR) is 83.4 cm³/mol. The van der Waals surface area contributed by atoms with Gasteiger partial charge in [-0.3, -0.25) is 0 Å². The van der Waals surface area contributed by atoms with E-state index in [1.807, 2.05) is 30.0 Å². The van der Waals surface area contributed by atoms with Crippen molar-refractivity contribution in [1.29, 1.82) is 0 Å². The maximum Gasteiger partial charge on any atom is 0.124 e. The van der Waals surface area contributed by atoms with Gasteiger partial charge in [0.1, 0.15) is 11.6 Å². The molecule has 0 spiro atoms. The molecule has 0 radical (unpaired) electrons. The average Bonchev–Trinajstić information content (AvgIpc) is 2.75. The Balaban J connectivity index is 2.55. The molecule has 0 saturated carbocycles. The Bertz CT molecular complexity index is 580. The van der Waals surface area contributed by atoms with Crippen LogP contribution in [0.15, 0.2) is 18.2 Å². The van der Waals surface area contributed by atoms with Gasteiger partial charge in [-0.25, -0.2) is 4.98 Å². The number of thioether (sulfide) groups is 1. The van der Waals surface area contributed by atoms with Crippen molar-refractivity contribution in [3.8, 4) is 5.75 Å². The standard InChI is InChI=1S/C14H19ClN2OS/c1-14(2,19-4)9-17-12-7-10(18-3)5-6-11(12)16-13(17)8-15/h5-7H,8-9H2,1-4H3. The second-order valence-electron chi connectivity index (χ2n) is 5.07. The van der Waals surface area contributed by atoms with Crippen molar-refractivity contribution < 1.29 is 4.74 Å². The number of alkyl halides is 1. The first kappa shape index (κ1) is 14.5. The van der Waals surface area contributed by atoms with Gasteiger partial charge in [0, 0.05) is 17.4 Å². The van der Waals surface area contributed by atoms with Crippen LogP contribution in [0.2, 0.25) is 0 Å². The Kier molecular flexibility index (Phi) is 4.31. The Morgan fingerprint density at radius 1 is 1.42 bits per heavy atom. The Labute approximate surface area is 123 Å². The second-order valence-corrected chi connectivity index (χ2v) is 6.85. The summed E-state index contributed by atoms with van der Waals surface area (Å²) in [6.45, 7) is 5.32. The van der Waals surface area contributed by atoms with Crippen molar-refractivity contribution in [2.75, 3.05) is 13.4 Å². The number of ether oxygens (including phenoxy) is 1. The summed E-state index contributed by atoms with van der Waals surface area (Å²) in [5.74, 6) is 2.17. The Hall–Kier alpha value is -0.870. The van der Waals surface area contributed by atoms with Crippen molar-refractivity contribution in [2.24, 2.45) is 0 Å². The fraction of sp³-hybridized carbons (Fsp3) is 0.500. The lowest BCUT2D eigenvalue weighted by Crippen LogP contribution is -2.23. The highest BCUT2D eigenvalue weighted by Crippen LogP contribution is 2.29. The van der Waals surface area contributed by atoms with E-state index in [9.17, 15) is 0 Å². The minimum absolute atomic E-state index is 0.136. The van der Waals surface area contributed by atoms with Crippen molar-refractivity contribution in [3.05, 3.63) is 24.0 Å². The molecular formula is C14H19ClN2OS. The quantitative estimate of drug-likeness (QED) is 0.783. The fourth-order valence-corrected chi connectivity index (χ4v) is 2.47. The van der Waals surface area contributed by atoms with E-state index < -0.39 is 0 Å². The molecule has 3 nitrogen and oxygen atoms in total. The molecule has 104 valence electrons. The number of benzene rings is 1. The van der Waals surface area contributed by atoms with Gasteiger partial charge in [0.05, 0.1) is 24.0 Å². The molecule has 0 unspecified atom stereocenters. The van der Waals surface area contributed by atoms with Crippen molar-refractivity contribution >= 4 is 34.4 Å². The normalized spacial score (nSPS) is 12.1. The average molecular weight is 299 g/mol. The third-order valence-corrected chi connectivity index (χ3v) is 4.72. The molecule has 0 atom stereocenters. The number of aromatic nitrogens is 2. The van der Waals surface area contributed by atoms with Gasteiger partial charge in [0.25, 0.3) is 0 Å². The largest absolute Gasteiger partial charge is 0.497 e. The van der Waals surface area contributed by atoms with Gasteiger partial charge in [-0.05, 0) is 32.2 Å². The molecule has 0 N–H and O–H groups in total. The summed E-state index contributed by atoms with van der Waals surface area (Å²) in [7, 11) is 1.68. The molecule has 0 saturated heterocycles. The van der Waals surface area contributed by atoms with Gasteiger partial charge in [-0.15, -0.1) is 11.6 Å². The smallest absolute Gasteiger partial charge is 0.124 e. The van der Waals surface area contributed by atoms with Crippen LogP contribution in [0.3, 0.4) is 0 Å². The first-order valence-electron chi connectivity index (χ1n) is 6.15. The molecule has 0 bridgehead atoms. The van der Waals surface area contributed by atoms with Crippen LogP contribution in [0.4, 0.5) is 0 Å². The van der Waals surface area contributed by atoms with Crippen LogP contribution in [-0.4, -0.2) is 27.7 Å². The first-order chi connectivity index (χ1) is 9.00. The van der Waals surface area contributed by atoms with Crippen molar-refractivity contribution in [2.45, 2.75) is 31.0 Å². The molecular weight excluding hydrogens is 280 g/mol. The van der Waals surface area contributed by atoms with E-state index in [2.05, 4.69) is 29.7 Å². The van der Waals surface area contributed by atoms with Crippen LogP contribution in [0, 0.1) is 0 Å². The van der Waals surface area contributed by atoms with Gasteiger partial charge >= 0.3 is 0 Å². The topological polar surface area (TPSA) is 27.1 Å². The number of fused-ring (bicyclic) bond motifs is 1. The van der Waals surface area contributed by atoms with E-state index in [1.54, 1.807) is 7.11 Å². The summed E-state index contributed by atoms with van der Waals surface area (Å²) in [6.07, 6.45) is 2.13. The molecule has 5 heteroatoms. The molecule has 1 aromatic heterocycles. The van der Waals surface area contributed by atoms with Crippen molar-refractivity contribution in [1.82, 2.24) is 9.55 Å². The molecule has 1 heterocycles. The van der Waals surface area contributed by atoms with E-state index >= 15 is 0 Å². The Morgan fingerprint density at radius 3 is 2.74 bits per heavy atom. The van der Waals surface area contributed by atoms with Gasteiger partial charge in [0.15, 0.2) is 0 Å². The molecule has 2 rings (SSSR count). The van der Waals surface area contributed by atoms with Gasteiger partial charge < -0.3 is 9.30 Å². The zero-order valence-electron chi connectivity index (χ0n) is 11.7. The van der Waals surface area contributed by atoms with E-state index in [-0.39, 0.29) is 4.75 Å². The highest BCUT2D eigenvalue weighted by molar-refractivity contribution is 7.99. The molecule has 0 aliphatic heterocycles. The van der Waals surface area contributed by atoms with Gasteiger partial charge in [0.2, 0.25) is 0 Å². The molecule has 2 aromatic rings. The maximum atomic E-state index is 6.03. The van der Waals surface area contributed by atoms with Crippen LogP contribution >= 0.6 is 23.4 Å². The van der Waals surface area contributed by atoms with E-state index in [4.69, 9.17) is 16.3 Å². The summed E-state index contributed by atoms with van der Waals surface area (Å²) < 4.78 is 7.63. The number of rotatable bonds is 5. The first-order valence-corrected chi connectivity index (χ1v) is 7.91. The fourth-order valence-electron chi connectivity index (χ4n) is 2.00. The summed E-state index contributed by atoms with van der Waals surface area (Å²) in [4.78, 5) is 4.59. The monoisotopic (exact) mass is 298 g/mol. The lowest BCUT2D eigenvalue weighted by atomic mass is 10.2. The third kappa shape index (κ3) is 3.00. The number of methoxy groups -OCH3 is 1. The highest BCUT2D eigenvalue weighted by Gasteiger charge is 2.20. The molecule has 0 aliphatic carbocycles. The van der Waals surface area contributed by atoms with E-state index in [1.165, 1.54) is 0 Å². The number of halogens is 1. The Morgan fingerprint density at radius 2 is 2.16 bits per heavy atom. The van der Waals surface area contributed by atoms with Crippen molar-refractivity contribution in [3.63, 3.8) is 0 Å². The lowest BCUT2D eigenvalue weighted by molar-refractivity contribution is 0.415. The predicted octanol–water partition coefficient (Wildman–Crippen LogP) is 3.93. The molecule has 0 amide bonds. The maximum absolute atomic E-state index is 6.03. The second kappa shape index (κ2) is 5.63. The summed E-state index contributed by atoms with van der Waals surface area (Å²) in [5, 5.41) is 0. The number of hydrogen-bond donors (Lipinski definition) is 0. The van der Waals surface area contributed by atoms with Gasteiger partial charge in [-0.1, -0.05) is 0 Å². The minimum Gasteiger partial charge on any atom is -0.497 e. The third-order valence-electron chi connectivity index (χ3n) is 3.25. The highest BCUT2D eigenvalue weighted by atomic mass is 35.5. The molecule has 0 aliphatic rings. The van der Waals surface area contributed by atoms with Crippen LogP contribution < -0.4 is 4.74 Å². The lowest BCUT2D eigenvalue weighted by Gasteiger charge is -2.24. The summed E-state index contributed by atoms with van der Waals surface area (Å²) in [5.41, 5.74) is 2.05. The number of nitrogens with zero attached hydrogens (tertiary/aromatic N) is 2. The zero-order chi connectivity index (χ0) is 14.0. The molecule has 0 fully saturated rings. The van der Waals surface area contributed by atoms with Crippen LogP contribution in [0.25, 0.3) is 11.0 Å². The zero-order valence-corrected chi connectivity index (χ0v) is 13.3. The van der Waals surface area contributed by atoms with E-state index in [0.29, 0.717) is 5.88 Å². The minimum atomic E-state index is 0.136. The molecule has 1 aromatic carbocycles. The van der Waals surface area contributed by atoms with Crippen LogP contribution in [-0.2, 0) is 12.4 Å². The SMILES string of the molecule is COc1ccc2nc(CCl)n(CC(C)(C)SC)c2c1. The van der Waals surface area contributed by atoms with E-state index in [0.717, 1.165) is 29.2 Å². The molecule has 19 heavy (non-hydrogen) atoms. The number of hydrogen-bond acceptors (Lipinski definition) is 3. The summed E-state index contributed by atoms with van der Waals surface area (Å²) in [6, 6.07) is 5.93. The van der Waals surface area contributed by atoms with Crippen LogP contribution in [0.1, 0.15) is 19.7 Å². The number of imidazole rings is 1.